The minimum atomic E-state index is -0.462. The third kappa shape index (κ3) is 3.85. The fourth-order valence-electron chi connectivity index (χ4n) is 1.74. The van der Waals surface area contributed by atoms with Crippen LogP contribution in [0, 0.1) is 10.1 Å². The zero-order valence-electron chi connectivity index (χ0n) is 11.7. The molecule has 2 rings (SSSR count). The second kappa shape index (κ2) is 6.94. The lowest BCUT2D eigenvalue weighted by atomic mass is 10.3. The van der Waals surface area contributed by atoms with E-state index in [1.807, 2.05) is 31.4 Å². The molecule has 0 saturated heterocycles. The molecule has 0 aliphatic rings. The van der Waals surface area contributed by atoms with Gasteiger partial charge >= 0.3 is 0 Å². The first-order valence-corrected chi connectivity index (χ1v) is 7.57. The van der Waals surface area contributed by atoms with Gasteiger partial charge in [-0.1, -0.05) is 12.1 Å². The number of aromatic nitrogens is 1. The summed E-state index contributed by atoms with van der Waals surface area (Å²) in [5, 5.41) is 13.9. The highest BCUT2D eigenvalue weighted by atomic mass is 32.2. The van der Waals surface area contributed by atoms with Crippen molar-refractivity contribution in [2.24, 2.45) is 0 Å². The van der Waals surface area contributed by atoms with Crippen LogP contribution in [0.1, 0.15) is 6.92 Å². The maximum atomic E-state index is 11.0. The average molecular weight is 305 g/mol. The van der Waals surface area contributed by atoms with Gasteiger partial charge in [0.05, 0.1) is 17.1 Å². The van der Waals surface area contributed by atoms with E-state index in [0.717, 1.165) is 4.90 Å². The Hall–Kier alpha value is -2.28. The van der Waals surface area contributed by atoms with Gasteiger partial charge in [-0.25, -0.2) is 0 Å². The molecule has 1 aromatic heterocycles. The molecule has 0 saturated carbocycles. The standard InChI is InChI=1S/C14H15N3O3S/c1-3-15-13-8-10(17(18)19)9-14(16-13)20-11-6-4-5-7-12(11)21-2/h4-9H,3H2,1-2H3,(H,15,16). The topological polar surface area (TPSA) is 77.3 Å². The van der Waals surface area contributed by atoms with Gasteiger partial charge in [0.15, 0.2) is 0 Å². The van der Waals surface area contributed by atoms with Gasteiger partial charge in [-0.05, 0) is 25.3 Å². The van der Waals surface area contributed by atoms with Gasteiger partial charge < -0.3 is 10.1 Å². The summed E-state index contributed by atoms with van der Waals surface area (Å²) in [5.41, 5.74) is -0.0578. The summed E-state index contributed by atoms with van der Waals surface area (Å²) in [4.78, 5) is 15.7. The van der Waals surface area contributed by atoms with Crippen molar-refractivity contribution < 1.29 is 9.66 Å². The number of hydrogen-bond donors (Lipinski definition) is 1. The Kier molecular flexibility index (Phi) is 4.99. The van der Waals surface area contributed by atoms with Gasteiger partial charge in [-0.3, -0.25) is 10.1 Å². The van der Waals surface area contributed by atoms with Crippen LogP contribution in [0.2, 0.25) is 0 Å². The molecule has 1 heterocycles. The summed E-state index contributed by atoms with van der Waals surface area (Å²) in [5.74, 6) is 1.24. The number of nitro groups is 1. The van der Waals surface area contributed by atoms with Crippen molar-refractivity contribution in [2.45, 2.75) is 11.8 Å². The van der Waals surface area contributed by atoms with Crippen molar-refractivity contribution >= 4 is 23.3 Å². The van der Waals surface area contributed by atoms with E-state index in [0.29, 0.717) is 18.1 Å². The molecule has 21 heavy (non-hydrogen) atoms. The fraction of sp³-hybridized carbons (Fsp3) is 0.214. The van der Waals surface area contributed by atoms with E-state index in [9.17, 15) is 10.1 Å². The number of rotatable bonds is 6. The van der Waals surface area contributed by atoms with Crippen LogP contribution in [-0.2, 0) is 0 Å². The molecular formula is C14H15N3O3S. The van der Waals surface area contributed by atoms with Crippen LogP contribution in [-0.4, -0.2) is 22.7 Å². The predicted molar refractivity (Wildman–Crippen MR) is 83.4 cm³/mol. The summed E-state index contributed by atoms with van der Waals surface area (Å²) in [6.45, 7) is 2.51. The van der Waals surface area contributed by atoms with Crippen molar-refractivity contribution in [1.82, 2.24) is 4.98 Å². The van der Waals surface area contributed by atoms with E-state index in [4.69, 9.17) is 4.74 Å². The Morgan fingerprint density at radius 3 is 2.81 bits per heavy atom. The normalized spacial score (nSPS) is 10.2. The molecule has 1 N–H and O–H groups in total. The molecular weight excluding hydrogens is 290 g/mol. The quantitative estimate of drug-likeness (QED) is 0.495. The number of para-hydroxylation sites is 1. The fourth-order valence-corrected chi connectivity index (χ4v) is 2.26. The van der Waals surface area contributed by atoms with Crippen molar-refractivity contribution in [3.05, 3.63) is 46.5 Å². The first-order chi connectivity index (χ1) is 10.1. The maximum absolute atomic E-state index is 11.0. The summed E-state index contributed by atoms with van der Waals surface area (Å²) in [7, 11) is 0. The molecule has 0 radical (unpaired) electrons. The monoisotopic (exact) mass is 305 g/mol. The number of thioether (sulfide) groups is 1. The average Bonchev–Trinajstić information content (AvgIpc) is 2.48. The third-order valence-corrected chi connectivity index (χ3v) is 3.42. The van der Waals surface area contributed by atoms with Crippen LogP contribution in [0.4, 0.5) is 11.5 Å². The summed E-state index contributed by atoms with van der Waals surface area (Å²) >= 11 is 1.54. The van der Waals surface area contributed by atoms with Gasteiger partial charge in [0.2, 0.25) is 5.88 Å². The number of hydrogen-bond acceptors (Lipinski definition) is 6. The largest absolute Gasteiger partial charge is 0.438 e. The molecule has 0 bridgehead atoms. The Morgan fingerprint density at radius 2 is 2.14 bits per heavy atom. The molecule has 7 heteroatoms. The molecule has 0 amide bonds. The van der Waals surface area contributed by atoms with Crippen molar-refractivity contribution in [1.29, 1.82) is 0 Å². The van der Waals surface area contributed by atoms with Crippen LogP contribution in [0.15, 0.2) is 41.3 Å². The predicted octanol–water partition coefficient (Wildman–Crippen LogP) is 3.94. The SMILES string of the molecule is CCNc1cc([N+](=O)[O-])cc(Oc2ccccc2SC)n1. The summed E-state index contributed by atoms with van der Waals surface area (Å²) < 4.78 is 5.70. The van der Waals surface area contributed by atoms with Crippen molar-refractivity contribution in [3.63, 3.8) is 0 Å². The molecule has 1 aromatic carbocycles. The lowest BCUT2D eigenvalue weighted by molar-refractivity contribution is -0.384. The lowest BCUT2D eigenvalue weighted by Crippen LogP contribution is -2.02. The van der Waals surface area contributed by atoms with E-state index >= 15 is 0 Å². The van der Waals surface area contributed by atoms with Crippen LogP contribution in [0.5, 0.6) is 11.6 Å². The van der Waals surface area contributed by atoms with Crippen LogP contribution >= 0.6 is 11.8 Å². The zero-order chi connectivity index (χ0) is 15.2. The molecule has 0 atom stereocenters. The second-order valence-corrected chi connectivity index (χ2v) is 4.94. The number of pyridine rings is 1. The lowest BCUT2D eigenvalue weighted by Gasteiger charge is -2.10. The number of ether oxygens (including phenoxy) is 1. The highest BCUT2D eigenvalue weighted by molar-refractivity contribution is 7.98. The van der Waals surface area contributed by atoms with Crippen LogP contribution in [0.3, 0.4) is 0 Å². The highest BCUT2D eigenvalue weighted by Gasteiger charge is 2.13. The van der Waals surface area contributed by atoms with Crippen molar-refractivity contribution in [2.75, 3.05) is 18.1 Å². The molecule has 0 aliphatic heterocycles. The maximum Gasteiger partial charge on any atom is 0.278 e. The molecule has 0 fully saturated rings. The van der Waals surface area contributed by atoms with Crippen LogP contribution in [0.25, 0.3) is 0 Å². The summed E-state index contributed by atoms with van der Waals surface area (Å²) in [6.07, 6.45) is 1.94. The smallest absolute Gasteiger partial charge is 0.278 e. The number of nitrogens with zero attached hydrogens (tertiary/aromatic N) is 2. The zero-order valence-corrected chi connectivity index (χ0v) is 12.5. The molecule has 0 spiro atoms. The molecule has 2 aromatic rings. The molecule has 0 unspecified atom stereocenters. The first-order valence-electron chi connectivity index (χ1n) is 6.35. The van der Waals surface area contributed by atoms with Gasteiger partial charge in [0.25, 0.3) is 5.69 Å². The number of benzene rings is 1. The van der Waals surface area contributed by atoms with Gasteiger partial charge in [0.1, 0.15) is 11.6 Å². The van der Waals surface area contributed by atoms with E-state index in [-0.39, 0.29) is 11.6 Å². The van der Waals surface area contributed by atoms with E-state index in [1.54, 1.807) is 6.07 Å². The highest BCUT2D eigenvalue weighted by Crippen LogP contribution is 2.32. The second-order valence-electron chi connectivity index (χ2n) is 4.09. The first kappa shape index (κ1) is 15.1. The number of nitrogens with one attached hydrogen (secondary N) is 1. The Morgan fingerprint density at radius 1 is 1.38 bits per heavy atom. The molecule has 0 aliphatic carbocycles. The Labute approximate surface area is 126 Å². The minimum Gasteiger partial charge on any atom is -0.438 e. The van der Waals surface area contributed by atoms with Gasteiger partial charge in [-0.2, -0.15) is 4.98 Å². The van der Waals surface area contributed by atoms with Crippen LogP contribution < -0.4 is 10.1 Å². The van der Waals surface area contributed by atoms with E-state index < -0.39 is 4.92 Å². The van der Waals surface area contributed by atoms with Gasteiger partial charge in [0, 0.05) is 11.4 Å². The molecule has 6 nitrogen and oxygen atoms in total. The molecule has 110 valence electrons. The Balaban J connectivity index is 2.36. The van der Waals surface area contributed by atoms with E-state index in [1.165, 1.54) is 23.9 Å². The Bertz CT molecular complexity index is 649. The minimum absolute atomic E-state index is 0.0578. The number of anilines is 1. The third-order valence-electron chi connectivity index (χ3n) is 2.64. The van der Waals surface area contributed by atoms with E-state index in [2.05, 4.69) is 10.3 Å². The van der Waals surface area contributed by atoms with Gasteiger partial charge in [-0.15, -0.1) is 11.8 Å². The van der Waals surface area contributed by atoms with Crippen molar-refractivity contribution in [3.8, 4) is 11.6 Å². The summed E-state index contributed by atoms with van der Waals surface area (Å²) in [6, 6.07) is 10.2.